The largest absolute Gasteiger partial charge is 0.325 e. The number of aryl methyl sites for hydroxylation is 3. The molecular formula is C23H24ClN3O2S2. The Hall–Kier alpha value is -2.09. The number of aromatic nitrogens is 2. The third-order valence-corrected chi connectivity index (χ3v) is 7.66. The van der Waals surface area contributed by atoms with E-state index in [1.54, 1.807) is 28.0 Å². The number of benzene rings is 1. The molecule has 5 nitrogen and oxygen atoms in total. The van der Waals surface area contributed by atoms with E-state index in [-0.39, 0.29) is 17.2 Å². The zero-order valence-corrected chi connectivity index (χ0v) is 20.0. The number of halogens is 1. The number of hydrogen-bond donors (Lipinski definition) is 1. The van der Waals surface area contributed by atoms with Crippen LogP contribution in [0.25, 0.3) is 10.2 Å². The van der Waals surface area contributed by atoms with E-state index in [4.69, 9.17) is 16.6 Å². The number of carbonyl (C=O) groups is 1. The fraction of sp³-hybridized carbons (Fsp3) is 0.348. The lowest BCUT2D eigenvalue weighted by molar-refractivity contribution is -0.113. The predicted octanol–water partition coefficient (Wildman–Crippen LogP) is 5.61. The summed E-state index contributed by atoms with van der Waals surface area (Å²) in [7, 11) is 0. The van der Waals surface area contributed by atoms with Crippen molar-refractivity contribution in [1.82, 2.24) is 9.55 Å². The number of carbonyl (C=O) groups excluding carboxylic acids is 1. The number of nitrogens with one attached hydrogen (secondary N) is 1. The second-order valence-electron chi connectivity index (χ2n) is 7.93. The summed E-state index contributed by atoms with van der Waals surface area (Å²) in [6, 6.07) is 5.34. The van der Waals surface area contributed by atoms with E-state index in [0.717, 1.165) is 52.7 Å². The van der Waals surface area contributed by atoms with Crippen LogP contribution in [0.4, 0.5) is 5.69 Å². The highest BCUT2D eigenvalue weighted by Gasteiger charge is 2.22. The quantitative estimate of drug-likeness (QED) is 0.287. The number of nitrogens with zero attached hydrogens (tertiary/aromatic N) is 2. The summed E-state index contributed by atoms with van der Waals surface area (Å²) < 4.78 is 1.66. The average molecular weight is 474 g/mol. The molecule has 0 saturated heterocycles. The van der Waals surface area contributed by atoms with E-state index in [9.17, 15) is 9.59 Å². The number of allylic oxidation sites excluding steroid dienone is 1. The summed E-state index contributed by atoms with van der Waals surface area (Å²) in [6.07, 6.45) is 4.22. The molecule has 0 saturated carbocycles. The third kappa shape index (κ3) is 4.73. The molecule has 2 aromatic heterocycles. The fourth-order valence-corrected chi connectivity index (χ4v) is 6.15. The molecule has 4 rings (SSSR count). The summed E-state index contributed by atoms with van der Waals surface area (Å²) in [6.45, 7) is 8.16. The summed E-state index contributed by atoms with van der Waals surface area (Å²) >= 11 is 8.89. The van der Waals surface area contributed by atoms with Crippen molar-refractivity contribution in [2.75, 3.05) is 11.1 Å². The van der Waals surface area contributed by atoms with Crippen LogP contribution in [0.3, 0.4) is 0 Å². The lowest BCUT2D eigenvalue weighted by Crippen LogP contribution is -2.25. The molecule has 0 unspecified atom stereocenters. The van der Waals surface area contributed by atoms with Crippen molar-refractivity contribution >= 4 is 56.5 Å². The number of thioether (sulfide) groups is 1. The Morgan fingerprint density at radius 1 is 1.35 bits per heavy atom. The van der Waals surface area contributed by atoms with E-state index in [2.05, 4.69) is 11.9 Å². The van der Waals surface area contributed by atoms with E-state index < -0.39 is 0 Å². The van der Waals surface area contributed by atoms with Crippen molar-refractivity contribution in [1.29, 1.82) is 0 Å². The summed E-state index contributed by atoms with van der Waals surface area (Å²) in [5, 5.41) is 4.85. The molecule has 31 heavy (non-hydrogen) atoms. The lowest BCUT2D eigenvalue weighted by atomic mass is 9.97. The van der Waals surface area contributed by atoms with Gasteiger partial charge in [0, 0.05) is 22.1 Å². The molecule has 1 N–H and O–H groups in total. The molecule has 3 aromatic rings. The Morgan fingerprint density at radius 3 is 2.87 bits per heavy atom. The van der Waals surface area contributed by atoms with Gasteiger partial charge in [-0.05, 0) is 68.9 Å². The second kappa shape index (κ2) is 9.18. The molecule has 0 spiro atoms. The average Bonchev–Trinajstić information content (AvgIpc) is 3.09. The van der Waals surface area contributed by atoms with Crippen LogP contribution in [-0.4, -0.2) is 21.2 Å². The molecule has 1 amide bonds. The Labute approximate surface area is 194 Å². The number of hydrogen-bond acceptors (Lipinski definition) is 5. The zero-order valence-electron chi connectivity index (χ0n) is 17.6. The first kappa shape index (κ1) is 22.1. The van der Waals surface area contributed by atoms with Crippen molar-refractivity contribution in [3.8, 4) is 0 Å². The molecule has 0 bridgehead atoms. The van der Waals surface area contributed by atoms with Crippen molar-refractivity contribution in [2.24, 2.45) is 0 Å². The van der Waals surface area contributed by atoms with Gasteiger partial charge >= 0.3 is 0 Å². The molecule has 1 aliphatic carbocycles. The molecule has 1 aliphatic rings. The minimum atomic E-state index is -0.155. The van der Waals surface area contributed by atoms with Crippen molar-refractivity contribution < 1.29 is 4.79 Å². The molecule has 1 aromatic carbocycles. The molecule has 0 radical (unpaired) electrons. The van der Waals surface area contributed by atoms with Crippen LogP contribution in [-0.2, 0) is 24.2 Å². The molecular weight excluding hydrogens is 450 g/mol. The van der Waals surface area contributed by atoms with Gasteiger partial charge in [0.1, 0.15) is 4.83 Å². The van der Waals surface area contributed by atoms with Crippen LogP contribution in [0.1, 0.15) is 35.8 Å². The van der Waals surface area contributed by atoms with Crippen molar-refractivity contribution in [3.63, 3.8) is 0 Å². The Balaban J connectivity index is 1.62. The summed E-state index contributed by atoms with van der Waals surface area (Å²) in [4.78, 5) is 32.8. The predicted molar refractivity (Wildman–Crippen MR) is 131 cm³/mol. The minimum absolute atomic E-state index is 0.0242. The Morgan fingerprint density at radius 2 is 2.13 bits per heavy atom. The van der Waals surface area contributed by atoms with Crippen molar-refractivity contribution in [3.05, 3.63) is 61.7 Å². The molecule has 0 fully saturated rings. The minimum Gasteiger partial charge on any atom is -0.325 e. The molecule has 162 valence electrons. The van der Waals surface area contributed by atoms with Gasteiger partial charge in [0.25, 0.3) is 5.56 Å². The highest BCUT2D eigenvalue weighted by atomic mass is 35.5. The highest BCUT2D eigenvalue weighted by Crippen LogP contribution is 2.34. The van der Waals surface area contributed by atoms with Crippen LogP contribution in [0.15, 0.2) is 40.3 Å². The van der Waals surface area contributed by atoms with Gasteiger partial charge in [0.05, 0.1) is 11.1 Å². The first-order chi connectivity index (χ1) is 14.8. The smallest absolute Gasteiger partial charge is 0.263 e. The SMILES string of the molecule is C=C(C)Cn1c(SCC(=O)Nc2ccc(Cl)cc2C)nc2sc3c(c2c1=O)CCCC3. The number of rotatable bonds is 6. The van der Waals surface area contributed by atoms with Crippen LogP contribution >= 0.6 is 34.7 Å². The number of thiophene rings is 1. The normalized spacial score (nSPS) is 13.3. The topological polar surface area (TPSA) is 64.0 Å². The Kier molecular flexibility index (Phi) is 6.55. The fourth-order valence-electron chi connectivity index (χ4n) is 3.82. The van der Waals surface area contributed by atoms with Crippen LogP contribution in [0, 0.1) is 6.92 Å². The van der Waals surface area contributed by atoms with Gasteiger partial charge in [-0.15, -0.1) is 11.3 Å². The first-order valence-electron chi connectivity index (χ1n) is 10.2. The third-order valence-electron chi connectivity index (χ3n) is 5.26. The standard InChI is InChI=1S/C23H24ClN3O2S2/c1-13(2)11-27-22(29)20-16-6-4-5-7-18(16)31-21(20)26-23(27)30-12-19(28)25-17-9-8-15(24)10-14(17)3/h8-10H,1,4-7,11-12H2,2-3H3,(H,25,28). The monoisotopic (exact) mass is 473 g/mol. The maximum Gasteiger partial charge on any atom is 0.263 e. The zero-order chi connectivity index (χ0) is 22.1. The van der Waals surface area contributed by atoms with E-state index in [0.29, 0.717) is 16.7 Å². The summed E-state index contributed by atoms with van der Waals surface area (Å²) in [5.41, 5.74) is 3.64. The first-order valence-corrected chi connectivity index (χ1v) is 12.4. The molecule has 8 heteroatoms. The van der Waals surface area contributed by atoms with E-state index in [1.807, 2.05) is 19.9 Å². The van der Waals surface area contributed by atoms with Crippen LogP contribution in [0.5, 0.6) is 0 Å². The highest BCUT2D eigenvalue weighted by molar-refractivity contribution is 7.99. The van der Waals surface area contributed by atoms with Crippen molar-refractivity contribution in [2.45, 2.75) is 51.2 Å². The van der Waals surface area contributed by atoms with Gasteiger partial charge in [0.15, 0.2) is 5.16 Å². The van der Waals surface area contributed by atoms with Gasteiger partial charge in [-0.2, -0.15) is 0 Å². The molecule has 0 aliphatic heterocycles. The van der Waals surface area contributed by atoms with Gasteiger partial charge in [-0.3, -0.25) is 14.2 Å². The Bertz CT molecular complexity index is 1250. The second-order valence-corrected chi connectivity index (χ2v) is 10.4. The van der Waals surface area contributed by atoms with E-state index >= 15 is 0 Å². The number of anilines is 1. The number of fused-ring (bicyclic) bond motifs is 3. The summed E-state index contributed by atoms with van der Waals surface area (Å²) in [5.74, 6) is -0.00139. The van der Waals surface area contributed by atoms with Gasteiger partial charge < -0.3 is 5.32 Å². The molecule has 2 heterocycles. The van der Waals surface area contributed by atoms with E-state index in [1.165, 1.54) is 22.2 Å². The van der Waals surface area contributed by atoms with Gasteiger partial charge in [0.2, 0.25) is 5.91 Å². The van der Waals surface area contributed by atoms with Crippen LogP contribution < -0.4 is 10.9 Å². The van der Waals surface area contributed by atoms with Crippen LogP contribution in [0.2, 0.25) is 5.02 Å². The molecule has 0 atom stereocenters. The maximum absolute atomic E-state index is 13.4. The van der Waals surface area contributed by atoms with Gasteiger partial charge in [-0.1, -0.05) is 35.5 Å². The number of amides is 1. The van der Waals surface area contributed by atoms with Gasteiger partial charge in [-0.25, -0.2) is 4.98 Å². The maximum atomic E-state index is 13.4. The lowest BCUT2D eigenvalue weighted by Gasteiger charge is -2.14.